The van der Waals surface area contributed by atoms with Gasteiger partial charge in [0.05, 0.1) is 12.8 Å². The highest BCUT2D eigenvalue weighted by atomic mass is 127. The summed E-state index contributed by atoms with van der Waals surface area (Å²) in [6.45, 7) is 5.46. The number of aryl methyl sites for hydroxylation is 2. The van der Waals surface area contributed by atoms with Gasteiger partial charge in [0, 0.05) is 25.7 Å². The molecular formula is C18H27IN4O2. The first kappa shape index (κ1) is 21.3. The molecule has 0 radical (unpaired) electrons. The lowest BCUT2D eigenvalue weighted by atomic mass is 10.1. The summed E-state index contributed by atoms with van der Waals surface area (Å²) in [6.07, 6.45) is 1.73. The van der Waals surface area contributed by atoms with Crippen LogP contribution < -0.4 is 15.4 Å². The van der Waals surface area contributed by atoms with Crippen LogP contribution in [0.1, 0.15) is 22.6 Å². The van der Waals surface area contributed by atoms with E-state index < -0.39 is 0 Å². The molecule has 0 amide bonds. The monoisotopic (exact) mass is 458 g/mol. The number of benzene rings is 1. The molecule has 0 spiro atoms. The summed E-state index contributed by atoms with van der Waals surface area (Å²) in [4.78, 5) is 4.25. The summed E-state index contributed by atoms with van der Waals surface area (Å²) >= 11 is 0. The molecule has 0 aliphatic rings. The molecule has 0 bridgehead atoms. The molecule has 0 fully saturated rings. The highest BCUT2D eigenvalue weighted by Crippen LogP contribution is 2.17. The van der Waals surface area contributed by atoms with Crippen LogP contribution in [-0.4, -0.2) is 38.4 Å². The molecule has 2 N–H and O–H groups in total. The van der Waals surface area contributed by atoms with Gasteiger partial charge in [-0.25, -0.2) is 0 Å². The fourth-order valence-electron chi connectivity index (χ4n) is 2.61. The number of ether oxygens (including phenoxy) is 1. The van der Waals surface area contributed by atoms with Gasteiger partial charge in [0.25, 0.3) is 0 Å². The van der Waals surface area contributed by atoms with Crippen molar-refractivity contribution in [3.8, 4) is 5.75 Å². The van der Waals surface area contributed by atoms with Crippen molar-refractivity contribution in [3.63, 3.8) is 0 Å². The fraction of sp³-hybridized carbons (Fsp3) is 0.444. The van der Waals surface area contributed by atoms with Crippen molar-refractivity contribution in [1.29, 1.82) is 0 Å². The van der Waals surface area contributed by atoms with Crippen molar-refractivity contribution < 1.29 is 9.26 Å². The van der Waals surface area contributed by atoms with Gasteiger partial charge in [-0.1, -0.05) is 23.4 Å². The number of guanidine groups is 1. The van der Waals surface area contributed by atoms with Crippen LogP contribution in [0.3, 0.4) is 0 Å². The molecule has 1 heterocycles. The molecule has 0 aliphatic heterocycles. The second-order valence-corrected chi connectivity index (χ2v) is 5.54. The second kappa shape index (κ2) is 11.0. The van der Waals surface area contributed by atoms with Gasteiger partial charge in [0.15, 0.2) is 5.96 Å². The summed E-state index contributed by atoms with van der Waals surface area (Å²) < 4.78 is 10.5. The summed E-state index contributed by atoms with van der Waals surface area (Å²) in [5.74, 6) is 2.59. The van der Waals surface area contributed by atoms with Gasteiger partial charge in [-0.15, -0.1) is 24.0 Å². The van der Waals surface area contributed by atoms with E-state index in [-0.39, 0.29) is 24.0 Å². The summed E-state index contributed by atoms with van der Waals surface area (Å²) in [5.41, 5.74) is 3.29. The first-order valence-electron chi connectivity index (χ1n) is 8.14. The summed E-state index contributed by atoms with van der Waals surface area (Å²) in [6, 6.07) is 8.06. The Labute approximate surface area is 166 Å². The Morgan fingerprint density at radius 1 is 1.16 bits per heavy atom. The van der Waals surface area contributed by atoms with Crippen molar-refractivity contribution in [1.82, 2.24) is 15.8 Å². The minimum Gasteiger partial charge on any atom is -0.496 e. The van der Waals surface area contributed by atoms with Crippen molar-refractivity contribution in [2.45, 2.75) is 26.7 Å². The molecule has 0 saturated heterocycles. The molecule has 0 aliphatic carbocycles. The van der Waals surface area contributed by atoms with Crippen LogP contribution in [0.5, 0.6) is 5.75 Å². The van der Waals surface area contributed by atoms with Crippen molar-refractivity contribution in [2.75, 3.05) is 27.2 Å². The maximum absolute atomic E-state index is 5.37. The van der Waals surface area contributed by atoms with Crippen molar-refractivity contribution in [2.24, 2.45) is 4.99 Å². The smallest absolute Gasteiger partial charge is 0.190 e. The highest BCUT2D eigenvalue weighted by molar-refractivity contribution is 14.0. The average molecular weight is 458 g/mol. The topological polar surface area (TPSA) is 71.7 Å². The Hall–Kier alpha value is -1.77. The average Bonchev–Trinajstić information content (AvgIpc) is 2.92. The quantitative estimate of drug-likeness (QED) is 0.380. The molecule has 6 nitrogen and oxygen atoms in total. The van der Waals surface area contributed by atoms with Crippen molar-refractivity contribution >= 4 is 29.9 Å². The number of hydrogen-bond donors (Lipinski definition) is 2. The van der Waals surface area contributed by atoms with E-state index in [4.69, 9.17) is 9.26 Å². The zero-order chi connectivity index (χ0) is 17.4. The summed E-state index contributed by atoms with van der Waals surface area (Å²) in [7, 11) is 3.47. The Bertz CT molecular complexity index is 666. The Balaban J connectivity index is 0.00000312. The van der Waals surface area contributed by atoms with E-state index in [9.17, 15) is 0 Å². The highest BCUT2D eigenvalue weighted by Gasteiger charge is 2.08. The van der Waals surface area contributed by atoms with Crippen LogP contribution in [0, 0.1) is 13.8 Å². The van der Waals surface area contributed by atoms with E-state index >= 15 is 0 Å². The van der Waals surface area contributed by atoms with E-state index in [2.05, 4.69) is 26.8 Å². The molecule has 2 rings (SSSR count). The molecule has 1 aromatic heterocycles. The van der Waals surface area contributed by atoms with Gasteiger partial charge in [-0.05, 0) is 38.3 Å². The number of hydrogen-bond acceptors (Lipinski definition) is 4. The maximum atomic E-state index is 5.37. The number of methoxy groups -OCH3 is 1. The molecular weight excluding hydrogens is 431 g/mol. The number of halogens is 1. The Morgan fingerprint density at radius 3 is 2.44 bits per heavy atom. The third-order valence-electron chi connectivity index (χ3n) is 3.95. The minimum absolute atomic E-state index is 0. The number of nitrogens with one attached hydrogen (secondary N) is 2. The molecule has 25 heavy (non-hydrogen) atoms. The largest absolute Gasteiger partial charge is 0.496 e. The van der Waals surface area contributed by atoms with Crippen LogP contribution in [-0.2, 0) is 12.8 Å². The van der Waals surface area contributed by atoms with Crippen molar-refractivity contribution in [3.05, 3.63) is 46.8 Å². The first-order valence-corrected chi connectivity index (χ1v) is 8.14. The van der Waals surface area contributed by atoms with E-state index in [0.29, 0.717) is 0 Å². The third kappa shape index (κ3) is 6.22. The number of para-hydroxylation sites is 1. The van der Waals surface area contributed by atoms with Crippen LogP contribution in [0.2, 0.25) is 0 Å². The normalized spacial score (nSPS) is 11.0. The second-order valence-electron chi connectivity index (χ2n) is 5.54. The predicted octanol–water partition coefficient (Wildman–Crippen LogP) is 2.87. The van der Waals surface area contributed by atoms with Gasteiger partial charge >= 0.3 is 0 Å². The molecule has 0 atom stereocenters. The summed E-state index contributed by atoms with van der Waals surface area (Å²) in [5, 5.41) is 10.6. The van der Waals surface area contributed by atoms with Crippen LogP contribution in [0.25, 0.3) is 0 Å². The van der Waals surface area contributed by atoms with Gasteiger partial charge in [-0.3, -0.25) is 4.99 Å². The Kier molecular flexibility index (Phi) is 9.33. The molecule has 0 unspecified atom stereocenters. The molecule has 0 saturated carbocycles. The van der Waals surface area contributed by atoms with Gasteiger partial charge in [-0.2, -0.15) is 0 Å². The molecule has 1 aromatic carbocycles. The van der Waals surface area contributed by atoms with E-state index in [1.54, 1.807) is 14.2 Å². The van der Waals surface area contributed by atoms with Crippen LogP contribution in [0.15, 0.2) is 33.8 Å². The zero-order valence-electron chi connectivity index (χ0n) is 15.3. The van der Waals surface area contributed by atoms with Gasteiger partial charge in [0.2, 0.25) is 0 Å². The van der Waals surface area contributed by atoms with E-state index in [1.165, 1.54) is 5.56 Å². The lowest BCUT2D eigenvalue weighted by Crippen LogP contribution is -2.39. The van der Waals surface area contributed by atoms with Crippen LogP contribution in [0.4, 0.5) is 0 Å². The number of aliphatic imine (C=N–C) groups is 1. The first-order chi connectivity index (χ1) is 11.7. The fourth-order valence-corrected chi connectivity index (χ4v) is 2.61. The SMILES string of the molecule is CN=C(NCCc1ccccc1OC)NCCc1c(C)noc1C.I. The maximum Gasteiger partial charge on any atom is 0.190 e. The predicted molar refractivity (Wildman–Crippen MR) is 111 cm³/mol. The van der Waals surface area contributed by atoms with Gasteiger partial charge in [0.1, 0.15) is 11.5 Å². The minimum atomic E-state index is 0. The van der Waals surface area contributed by atoms with E-state index in [1.807, 2.05) is 32.0 Å². The molecule has 138 valence electrons. The number of rotatable bonds is 7. The lowest BCUT2D eigenvalue weighted by molar-refractivity contribution is 0.392. The van der Waals surface area contributed by atoms with Crippen LogP contribution >= 0.6 is 24.0 Å². The number of nitrogens with zero attached hydrogens (tertiary/aromatic N) is 2. The van der Waals surface area contributed by atoms with E-state index in [0.717, 1.165) is 54.7 Å². The lowest BCUT2D eigenvalue weighted by Gasteiger charge is -2.13. The zero-order valence-corrected chi connectivity index (χ0v) is 17.6. The molecule has 2 aromatic rings. The Morgan fingerprint density at radius 2 is 1.84 bits per heavy atom. The van der Waals surface area contributed by atoms with Gasteiger partial charge < -0.3 is 19.9 Å². The molecule has 7 heteroatoms. The standard InChI is InChI=1S/C18H26N4O2.HI/c1-13-16(14(2)24-22-13)10-12-21-18(19-3)20-11-9-15-7-5-6-8-17(15)23-4;/h5-8H,9-12H2,1-4H3,(H2,19,20,21);1H. The number of aromatic nitrogens is 1. The third-order valence-corrected chi connectivity index (χ3v) is 3.95.